The van der Waals surface area contributed by atoms with Crippen LogP contribution in [0.5, 0.6) is 0 Å². The number of benzene rings is 2. The van der Waals surface area contributed by atoms with Crippen LogP contribution in [0.2, 0.25) is 5.02 Å². The molecule has 2 aliphatic rings. The number of hydrogen-bond donors (Lipinski definition) is 1. The van der Waals surface area contributed by atoms with Crippen LogP contribution in [0.4, 0.5) is 8.78 Å². The third-order valence-corrected chi connectivity index (χ3v) is 9.13. The first kappa shape index (κ1) is 30.4. The zero-order valence-electron chi connectivity index (χ0n) is 24.5. The second kappa shape index (κ2) is 12.2. The molecule has 2 aromatic carbocycles. The van der Waals surface area contributed by atoms with Gasteiger partial charge in [0.05, 0.1) is 12.0 Å². The minimum Gasteiger partial charge on any atom is -0.350 e. The van der Waals surface area contributed by atoms with Crippen molar-refractivity contribution in [2.75, 3.05) is 26.2 Å². The van der Waals surface area contributed by atoms with Gasteiger partial charge in [-0.3, -0.25) is 14.5 Å². The van der Waals surface area contributed by atoms with Crippen molar-refractivity contribution in [1.29, 1.82) is 0 Å². The molecule has 2 heterocycles. The first-order valence-electron chi connectivity index (χ1n) is 14.4. The van der Waals surface area contributed by atoms with Crippen LogP contribution in [0.3, 0.4) is 0 Å². The molecule has 2 amide bonds. The van der Waals surface area contributed by atoms with E-state index in [4.69, 9.17) is 11.6 Å². The van der Waals surface area contributed by atoms with Gasteiger partial charge in [0.15, 0.2) is 0 Å². The molecule has 218 valence electrons. The van der Waals surface area contributed by atoms with Gasteiger partial charge in [0, 0.05) is 55.6 Å². The fraction of sp³-hybridized carbons (Fsp3) is 0.562. The molecule has 0 bridgehead atoms. The molecule has 2 saturated heterocycles. The van der Waals surface area contributed by atoms with Crippen molar-refractivity contribution in [2.45, 2.75) is 84.2 Å². The number of carbonyl (C=O) groups is 2. The van der Waals surface area contributed by atoms with Crippen LogP contribution in [0, 0.1) is 24.5 Å². The van der Waals surface area contributed by atoms with Crippen molar-refractivity contribution >= 4 is 23.4 Å². The van der Waals surface area contributed by atoms with Crippen molar-refractivity contribution in [3.63, 3.8) is 0 Å². The predicted molar refractivity (Wildman–Crippen MR) is 156 cm³/mol. The van der Waals surface area contributed by atoms with Crippen LogP contribution in [-0.4, -0.2) is 53.3 Å². The van der Waals surface area contributed by atoms with Crippen LogP contribution in [0.15, 0.2) is 30.3 Å². The van der Waals surface area contributed by atoms with E-state index in [9.17, 15) is 18.4 Å². The van der Waals surface area contributed by atoms with E-state index in [2.05, 4.69) is 44.0 Å². The summed E-state index contributed by atoms with van der Waals surface area (Å²) in [6.07, 6.45) is 2.32. The summed E-state index contributed by atoms with van der Waals surface area (Å²) in [6, 6.07) is 7.70. The number of likely N-dealkylation sites (tertiary alicyclic amines) is 2. The smallest absolute Gasteiger partial charge is 0.227 e. The summed E-state index contributed by atoms with van der Waals surface area (Å²) in [6.45, 7) is 14.1. The van der Waals surface area contributed by atoms with Crippen molar-refractivity contribution in [3.8, 4) is 0 Å². The Balaban J connectivity index is 1.55. The molecule has 0 spiro atoms. The lowest BCUT2D eigenvalue weighted by molar-refractivity contribution is -0.136. The number of nitrogens with zero attached hydrogens (tertiary/aromatic N) is 2. The average molecular weight is 574 g/mol. The lowest BCUT2D eigenvalue weighted by atomic mass is 9.82. The SMILES string of the molecule is CC[C@H](NC(C)=O)c1cc(C)c(Cl)cc1C1CCN(C(=O)[C@@H]2CN(C(C)(C)C)C[C@H]2c2ccc(F)cc2F)CC1. The highest BCUT2D eigenvalue weighted by Gasteiger charge is 2.45. The van der Waals surface area contributed by atoms with Gasteiger partial charge in [0.2, 0.25) is 11.8 Å². The van der Waals surface area contributed by atoms with E-state index in [-0.39, 0.29) is 35.2 Å². The Morgan fingerprint density at radius 2 is 1.75 bits per heavy atom. The Kier molecular flexibility index (Phi) is 9.25. The molecule has 2 aliphatic heterocycles. The molecule has 0 saturated carbocycles. The molecule has 0 radical (unpaired) electrons. The summed E-state index contributed by atoms with van der Waals surface area (Å²) in [5.41, 5.74) is 3.42. The van der Waals surface area contributed by atoms with Gasteiger partial charge in [-0.25, -0.2) is 8.78 Å². The fourth-order valence-corrected chi connectivity index (χ4v) is 6.56. The van der Waals surface area contributed by atoms with Gasteiger partial charge in [-0.15, -0.1) is 0 Å². The molecule has 4 rings (SSSR count). The number of halogens is 3. The fourth-order valence-electron chi connectivity index (χ4n) is 6.38. The maximum atomic E-state index is 14.9. The summed E-state index contributed by atoms with van der Waals surface area (Å²) in [5.74, 6) is -1.77. The molecule has 2 aromatic rings. The number of nitrogens with one attached hydrogen (secondary N) is 1. The molecule has 0 aliphatic carbocycles. The molecule has 2 fully saturated rings. The van der Waals surface area contributed by atoms with Crippen LogP contribution in [-0.2, 0) is 9.59 Å². The topological polar surface area (TPSA) is 52.7 Å². The van der Waals surface area contributed by atoms with Gasteiger partial charge in [-0.05, 0) is 87.3 Å². The summed E-state index contributed by atoms with van der Waals surface area (Å²) in [5, 5.41) is 3.78. The summed E-state index contributed by atoms with van der Waals surface area (Å²) in [4.78, 5) is 30.0. The molecule has 3 atom stereocenters. The Hall–Kier alpha value is -2.51. The third kappa shape index (κ3) is 6.52. The average Bonchev–Trinajstić information content (AvgIpc) is 3.34. The minimum absolute atomic E-state index is 0.0331. The first-order valence-corrected chi connectivity index (χ1v) is 14.7. The van der Waals surface area contributed by atoms with E-state index in [0.717, 1.165) is 42.0 Å². The first-order chi connectivity index (χ1) is 18.8. The van der Waals surface area contributed by atoms with Crippen molar-refractivity contribution < 1.29 is 18.4 Å². The molecule has 0 aromatic heterocycles. The number of amides is 2. The monoisotopic (exact) mass is 573 g/mol. The van der Waals surface area contributed by atoms with Gasteiger partial charge < -0.3 is 10.2 Å². The largest absolute Gasteiger partial charge is 0.350 e. The third-order valence-electron chi connectivity index (χ3n) is 8.72. The highest BCUT2D eigenvalue weighted by molar-refractivity contribution is 6.31. The van der Waals surface area contributed by atoms with Crippen LogP contribution >= 0.6 is 11.6 Å². The van der Waals surface area contributed by atoms with E-state index in [1.54, 1.807) is 0 Å². The summed E-state index contributed by atoms with van der Waals surface area (Å²) in [7, 11) is 0. The Morgan fingerprint density at radius 1 is 1.07 bits per heavy atom. The van der Waals surface area contributed by atoms with E-state index in [1.807, 2.05) is 17.9 Å². The number of aryl methyl sites for hydroxylation is 1. The second-order valence-electron chi connectivity index (χ2n) is 12.4. The lowest BCUT2D eigenvalue weighted by Crippen LogP contribution is -2.44. The quantitative estimate of drug-likeness (QED) is 0.417. The van der Waals surface area contributed by atoms with Crippen LogP contribution in [0.25, 0.3) is 0 Å². The van der Waals surface area contributed by atoms with Crippen molar-refractivity contribution in [1.82, 2.24) is 15.1 Å². The zero-order valence-corrected chi connectivity index (χ0v) is 25.2. The minimum atomic E-state index is -0.615. The second-order valence-corrected chi connectivity index (χ2v) is 12.9. The molecular formula is C32H42ClF2N3O2. The van der Waals surface area contributed by atoms with E-state index >= 15 is 0 Å². The zero-order chi connectivity index (χ0) is 29.4. The number of piperidine rings is 1. The number of hydrogen-bond acceptors (Lipinski definition) is 3. The maximum Gasteiger partial charge on any atom is 0.227 e. The molecule has 1 N–H and O–H groups in total. The molecular weight excluding hydrogens is 532 g/mol. The molecule has 0 unspecified atom stereocenters. The molecule has 40 heavy (non-hydrogen) atoms. The van der Waals surface area contributed by atoms with E-state index in [1.165, 1.54) is 19.1 Å². The van der Waals surface area contributed by atoms with Crippen LogP contribution < -0.4 is 5.32 Å². The number of rotatable bonds is 6. The normalized spacial score (nSPS) is 21.5. The van der Waals surface area contributed by atoms with Crippen molar-refractivity contribution in [3.05, 3.63) is 69.2 Å². The molecule has 8 heteroatoms. The summed E-state index contributed by atoms with van der Waals surface area (Å²) < 4.78 is 28.6. The number of carbonyl (C=O) groups excluding carboxylic acids is 2. The Bertz CT molecular complexity index is 1250. The van der Waals surface area contributed by atoms with Crippen molar-refractivity contribution in [2.24, 2.45) is 5.92 Å². The molecule has 5 nitrogen and oxygen atoms in total. The van der Waals surface area contributed by atoms with E-state index in [0.29, 0.717) is 36.8 Å². The van der Waals surface area contributed by atoms with Gasteiger partial charge in [0.1, 0.15) is 11.6 Å². The van der Waals surface area contributed by atoms with Gasteiger partial charge in [0.25, 0.3) is 0 Å². The van der Waals surface area contributed by atoms with E-state index < -0.39 is 17.6 Å². The predicted octanol–water partition coefficient (Wildman–Crippen LogP) is 6.73. The highest BCUT2D eigenvalue weighted by Crippen LogP contribution is 2.41. The van der Waals surface area contributed by atoms with Gasteiger partial charge in [-0.2, -0.15) is 0 Å². The summed E-state index contributed by atoms with van der Waals surface area (Å²) >= 11 is 6.56. The Labute approximate surface area is 242 Å². The lowest BCUT2D eigenvalue weighted by Gasteiger charge is -2.36. The van der Waals surface area contributed by atoms with Crippen LogP contribution in [0.1, 0.15) is 94.0 Å². The Morgan fingerprint density at radius 3 is 2.33 bits per heavy atom. The van der Waals surface area contributed by atoms with Gasteiger partial charge >= 0.3 is 0 Å². The highest BCUT2D eigenvalue weighted by atomic mass is 35.5. The standard InChI is InChI=1S/C32H42ClF2N3O2/c1-7-30(36-20(3)39)25-14-19(2)28(33)16-24(25)21-10-12-37(13-11-21)31(40)27-18-38(32(4,5)6)17-26(27)23-9-8-22(34)15-29(23)35/h8-9,14-16,21,26-27,30H,7,10-13,17-18H2,1-6H3,(H,36,39)/t26-,27+,30-/m0/s1. The van der Waals surface area contributed by atoms with Gasteiger partial charge in [-0.1, -0.05) is 30.7 Å². The maximum absolute atomic E-state index is 14.9.